The molecule has 3 rings (SSSR count). The third-order valence-electron chi connectivity index (χ3n) is 4.85. The van der Waals surface area contributed by atoms with E-state index in [1.165, 1.54) is 11.8 Å². The third kappa shape index (κ3) is 8.31. The molecule has 0 saturated heterocycles. The number of aliphatic imine (C=N–C) groups is 1. The number of guanidine groups is 1. The molecule has 0 bridgehead atoms. The van der Waals surface area contributed by atoms with Gasteiger partial charge in [0.25, 0.3) is 0 Å². The fourth-order valence-corrected chi connectivity index (χ4v) is 4.26. The first-order chi connectivity index (χ1) is 14.9. The van der Waals surface area contributed by atoms with E-state index in [2.05, 4.69) is 22.8 Å². The Morgan fingerprint density at radius 2 is 1.66 bits per heavy atom. The van der Waals surface area contributed by atoms with E-state index in [9.17, 15) is 8.42 Å². The molecular weight excluding hydrogens is 537 g/mol. The van der Waals surface area contributed by atoms with Crippen LogP contribution in [0.5, 0.6) is 0 Å². The molecule has 1 aromatic heterocycles. The zero-order valence-corrected chi connectivity index (χ0v) is 21.5. The lowest BCUT2D eigenvalue weighted by Crippen LogP contribution is -2.39. The van der Waals surface area contributed by atoms with Gasteiger partial charge in [-0.1, -0.05) is 42.5 Å². The number of sulfone groups is 1. The van der Waals surface area contributed by atoms with Crippen LogP contribution in [0.3, 0.4) is 0 Å². The van der Waals surface area contributed by atoms with Crippen LogP contribution in [0.4, 0.5) is 0 Å². The standard InChI is InChI=1S/C24H29N3O3S.HI/c1-19-17-21(10-11-23(19)31(2,28)29)18-27-24(26-15-13-22-9-6-16-30-22)25-14-12-20-7-4-3-5-8-20;/h3-11,16-17H,12-15,18H2,1-2H3,(H2,25,26,27);1H. The SMILES string of the molecule is Cc1cc(CN=C(NCCc2ccccc2)NCCc2ccco2)ccc1S(C)(=O)=O.I. The topological polar surface area (TPSA) is 83.7 Å². The Kier molecular flexibility index (Phi) is 10.2. The predicted octanol–water partition coefficient (Wildman–Crippen LogP) is 4.13. The molecule has 6 nitrogen and oxygen atoms in total. The van der Waals surface area contributed by atoms with Gasteiger partial charge in [0, 0.05) is 25.8 Å². The molecule has 3 aromatic rings. The van der Waals surface area contributed by atoms with Gasteiger partial charge >= 0.3 is 0 Å². The number of nitrogens with one attached hydrogen (secondary N) is 2. The summed E-state index contributed by atoms with van der Waals surface area (Å²) in [7, 11) is -3.22. The second-order valence-corrected chi connectivity index (χ2v) is 9.44. The van der Waals surface area contributed by atoms with Gasteiger partial charge in [0.15, 0.2) is 15.8 Å². The van der Waals surface area contributed by atoms with E-state index in [0.29, 0.717) is 23.9 Å². The Morgan fingerprint density at radius 1 is 0.938 bits per heavy atom. The summed E-state index contributed by atoms with van der Waals surface area (Å²) in [6.45, 7) is 3.70. The number of halogens is 1. The van der Waals surface area contributed by atoms with Crippen molar-refractivity contribution in [3.8, 4) is 0 Å². The number of rotatable bonds is 9. The van der Waals surface area contributed by atoms with E-state index in [0.717, 1.165) is 36.3 Å². The average Bonchev–Trinajstić information content (AvgIpc) is 3.25. The van der Waals surface area contributed by atoms with Crippen LogP contribution in [0.15, 0.2) is 81.2 Å². The Labute approximate surface area is 207 Å². The van der Waals surface area contributed by atoms with Gasteiger partial charge in [-0.15, -0.1) is 24.0 Å². The van der Waals surface area contributed by atoms with Crippen molar-refractivity contribution in [2.45, 2.75) is 31.2 Å². The summed E-state index contributed by atoms with van der Waals surface area (Å²) in [5, 5.41) is 6.73. The van der Waals surface area contributed by atoms with Gasteiger partial charge in [-0.05, 0) is 48.2 Å². The molecule has 0 aliphatic heterocycles. The molecule has 2 aromatic carbocycles. The maximum atomic E-state index is 11.8. The van der Waals surface area contributed by atoms with Crippen molar-refractivity contribution in [2.75, 3.05) is 19.3 Å². The van der Waals surface area contributed by atoms with E-state index >= 15 is 0 Å². The van der Waals surface area contributed by atoms with Gasteiger partial charge in [0.2, 0.25) is 0 Å². The highest BCUT2D eigenvalue weighted by molar-refractivity contribution is 14.0. The lowest BCUT2D eigenvalue weighted by molar-refractivity contribution is 0.506. The Bertz CT molecular complexity index is 1100. The molecule has 0 aliphatic rings. The molecule has 0 fully saturated rings. The molecule has 8 heteroatoms. The smallest absolute Gasteiger partial charge is 0.191 e. The Balaban J connectivity index is 0.00000363. The average molecular weight is 567 g/mol. The third-order valence-corrected chi connectivity index (χ3v) is 6.11. The summed E-state index contributed by atoms with van der Waals surface area (Å²) in [4.78, 5) is 5.05. The predicted molar refractivity (Wildman–Crippen MR) is 139 cm³/mol. The summed E-state index contributed by atoms with van der Waals surface area (Å²) >= 11 is 0. The lowest BCUT2D eigenvalue weighted by Gasteiger charge is -2.13. The molecule has 0 atom stereocenters. The van der Waals surface area contributed by atoms with E-state index in [1.807, 2.05) is 49.4 Å². The zero-order chi connectivity index (χ0) is 22.1. The highest BCUT2D eigenvalue weighted by Gasteiger charge is 2.10. The van der Waals surface area contributed by atoms with Gasteiger partial charge in [-0.3, -0.25) is 0 Å². The molecule has 0 unspecified atom stereocenters. The number of aryl methyl sites for hydroxylation is 1. The van der Waals surface area contributed by atoms with Crippen LogP contribution in [0.2, 0.25) is 0 Å². The van der Waals surface area contributed by atoms with Crippen LogP contribution in [0, 0.1) is 6.92 Å². The van der Waals surface area contributed by atoms with Gasteiger partial charge in [-0.2, -0.15) is 0 Å². The second-order valence-electron chi connectivity index (χ2n) is 7.46. The van der Waals surface area contributed by atoms with Gasteiger partial charge in [0.1, 0.15) is 5.76 Å². The van der Waals surface area contributed by atoms with Crippen LogP contribution in [-0.2, 0) is 29.2 Å². The van der Waals surface area contributed by atoms with Crippen molar-refractivity contribution in [1.29, 1.82) is 0 Å². The van der Waals surface area contributed by atoms with Gasteiger partial charge in [0.05, 0.1) is 17.7 Å². The van der Waals surface area contributed by atoms with Crippen molar-refractivity contribution >= 4 is 39.8 Å². The zero-order valence-electron chi connectivity index (χ0n) is 18.4. The van der Waals surface area contributed by atoms with E-state index in [4.69, 9.17) is 9.41 Å². The molecule has 32 heavy (non-hydrogen) atoms. The number of nitrogens with zero attached hydrogens (tertiary/aromatic N) is 1. The highest BCUT2D eigenvalue weighted by Crippen LogP contribution is 2.17. The quantitative estimate of drug-likeness (QED) is 0.231. The van der Waals surface area contributed by atoms with Crippen molar-refractivity contribution in [3.05, 3.63) is 89.4 Å². The molecular formula is C24H30IN3O3S. The number of hydrogen-bond acceptors (Lipinski definition) is 4. The minimum Gasteiger partial charge on any atom is -0.469 e. The first kappa shape index (κ1) is 25.9. The second kappa shape index (κ2) is 12.6. The maximum absolute atomic E-state index is 11.8. The van der Waals surface area contributed by atoms with Crippen molar-refractivity contribution in [3.63, 3.8) is 0 Å². The normalized spacial score (nSPS) is 11.6. The largest absolute Gasteiger partial charge is 0.469 e. The Morgan fingerprint density at radius 3 is 2.28 bits per heavy atom. The highest BCUT2D eigenvalue weighted by atomic mass is 127. The minimum atomic E-state index is -3.22. The number of furan rings is 1. The summed E-state index contributed by atoms with van der Waals surface area (Å²) in [5.41, 5.74) is 2.96. The van der Waals surface area contributed by atoms with Crippen LogP contribution < -0.4 is 10.6 Å². The van der Waals surface area contributed by atoms with Gasteiger partial charge in [-0.25, -0.2) is 13.4 Å². The first-order valence-electron chi connectivity index (χ1n) is 10.3. The lowest BCUT2D eigenvalue weighted by atomic mass is 10.1. The summed E-state index contributed by atoms with van der Waals surface area (Å²) in [5.74, 6) is 1.63. The summed E-state index contributed by atoms with van der Waals surface area (Å²) in [6, 6.07) is 19.5. The minimum absolute atomic E-state index is 0. The molecule has 2 N–H and O–H groups in total. The van der Waals surface area contributed by atoms with Crippen LogP contribution in [0.25, 0.3) is 0 Å². The molecule has 172 valence electrons. The van der Waals surface area contributed by atoms with Crippen molar-refractivity contribution in [1.82, 2.24) is 10.6 Å². The monoisotopic (exact) mass is 567 g/mol. The van der Waals surface area contributed by atoms with Crippen molar-refractivity contribution in [2.24, 2.45) is 4.99 Å². The molecule has 0 aliphatic carbocycles. The van der Waals surface area contributed by atoms with Gasteiger partial charge < -0.3 is 15.1 Å². The fraction of sp³-hybridized carbons (Fsp3) is 0.292. The van der Waals surface area contributed by atoms with E-state index in [1.54, 1.807) is 12.3 Å². The molecule has 0 saturated carbocycles. The van der Waals surface area contributed by atoms with Crippen LogP contribution in [0.1, 0.15) is 22.5 Å². The first-order valence-corrected chi connectivity index (χ1v) is 12.2. The fourth-order valence-electron chi connectivity index (χ4n) is 3.30. The van der Waals surface area contributed by atoms with E-state index in [-0.39, 0.29) is 24.0 Å². The van der Waals surface area contributed by atoms with Crippen molar-refractivity contribution < 1.29 is 12.8 Å². The summed E-state index contributed by atoms with van der Waals surface area (Å²) < 4.78 is 29.0. The molecule has 1 heterocycles. The molecule has 0 amide bonds. The maximum Gasteiger partial charge on any atom is 0.191 e. The summed E-state index contributed by atoms with van der Waals surface area (Å²) in [6.07, 6.45) is 4.55. The number of benzene rings is 2. The van der Waals surface area contributed by atoms with Crippen LogP contribution in [-0.4, -0.2) is 33.7 Å². The van der Waals surface area contributed by atoms with Crippen LogP contribution >= 0.6 is 24.0 Å². The molecule has 0 radical (unpaired) electrons. The number of hydrogen-bond donors (Lipinski definition) is 2. The Hall–Kier alpha value is -2.33. The molecule has 0 spiro atoms. The van der Waals surface area contributed by atoms with E-state index < -0.39 is 9.84 Å².